The summed E-state index contributed by atoms with van der Waals surface area (Å²) in [5.41, 5.74) is 2.84. The molecule has 0 aliphatic carbocycles. The van der Waals surface area contributed by atoms with E-state index in [1.165, 1.54) is 23.7 Å². The van der Waals surface area contributed by atoms with Gasteiger partial charge in [0, 0.05) is 8.07 Å². The van der Waals surface area contributed by atoms with E-state index in [0.717, 1.165) is 5.16 Å². The van der Waals surface area contributed by atoms with Crippen LogP contribution in [-0.2, 0) is 0 Å². The minimum Gasteiger partial charge on any atom is -0.0985 e. The van der Waals surface area contributed by atoms with Gasteiger partial charge in [0.1, 0.15) is 0 Å². The van der Waals surface area contributed by atoms with Crippen molar-refractivity contribution in [3.05, 3.63) is 42.0 Å². The molecule has 0 aliphatic rings. The lowest BCUT2D eigenvalue weighted by Crippen LogP contribution is -2.51. The zero-order valence-electron chi connectivity index (χ0n) is 14.3. The molecule has 1 aromatic rings. The Labute approximate surface area is 128 Å². The first kappa shape index (κ1) is 17.4. The number of hydrogen-bond donors (Lipinski definition) is 0. The first-order chi connectivity index (χ1) is 9.34. The normalized spacial score (nSPS) is 14.1. The SMILES string of the molecule is C=Cc1ccc(C([Si](C)(C)C)[Si](CC)(CC)CC)cc1. The van der Waals surface area contributed by atoms with Crippen LogP contribution in [0.1, 0.15) is 37.1 Å². The van der Waals surface area contributed by atoms with Gasteiger partial charge in [-0.2, -0.15) is 0 Å². The van der Waals surface area contributed by atoms with Crippen molar-refractivity contribution in [2.75, 3.05) is 0 Å². The highest BCUT2D eigenvalue weighted by atomic mass is 28.4. The summed E-state index contributed by atoms with van der Waals surface area (Å²) in [6.45, 7) is 18.8. The highest BCUT2D eigenvalue weighted by Gasteiger charge is 2.44. The molecular formula is C18H32Si2. The Bertz CT molecular complexity index is 413. The largest absolute Gasteiger partial charge is 0.0985 e. The quantitative estimate of drug-likeness (QED) is 0.516. The van der Waals surface area contributed by atoms with Crippen LogP contribution < -0.4 is 0 Å². The molecule has 0 fully saturated rings. The maximum atomic E-state index is 3.87. The summed E-state index contributed by atoms with van der Waals surface area (Å²) < 4.78 is 0. The zero-order valence-corrected chi connectivity index (χ0v) is 16.3. The van der Waals surface area contributed by atoms with E-state index in [-0.39, 0.29) is 0 Å². The predicted octanol–water partition coefficient (Wildman–Crippen LogP) is 6.34. The second kappa shape index (κ2) is 6.90. The molecule has 2 heteroatoms. The van der Waals surface area contributed by atoms with E-state index in [0.29, 0.717) is 0 Å². The van der Waals surface area contributed by atoms with E-state index in [2.05, 4.69) is 71.3 Å². The molecule has 0 spiro atoms. The standard InChI is InChI=1S/C18H32Si2/c1-8-16-12-14-17(15-13-16)18(19(5,6)7)20(9-2,10-3)11-4/h8,12-15,18H,1,9-11H2,2-7H3. The van der Waals surface area contributed by atoms with Gasteiger partial charge in [0.2, 0.25) is 0 Å². The predicted molar refractivity (Wildman–Crippen MR) is 99.8 cm³/mol. The lowest BCUT2D eigenvalue weighted by molar-refractivity contribution is 1.05. The second-order valence-corrected chi connectivity index (χ2v) is 18.4. The number of benzene rings is 1. The van der Waals surface area contributed by atoms with Gasteiger partial charge in [-0.05, 0) is 10.7 Å². The maximum Gasteiger partial charge on any atom is 0.0576 e. The van der Waals surface area contributed by atoms with Crippen molar-refractivity contribution in [2.24, 2.45) is 0 Å². The molecule has 0 N–H and O–H groups in total. The van der Waals surface area contributed by atoms with Crippen LogP contribution in [0.4, 0.5) is 0 Å². The van der Waals surface area contributed by atoms with Gasteiger partial charge in [0.25, 0.3) is 0 Å². The Balaban J connectivity index is 3.34. The molecule has 1 unspecified atom stereocenters. The molecule has 0 saturated carbocycles. The highest BCUT2D eigenvalue weighted by molar-refractivity contribution is 6.97. The molecule has 0 aliphatic heterocycles. The monoisotopic (exact) mass is 304 g/mol. The number of hydrogen-bond acceptors (Lipinski definition) is 0. The third-order valence-electron chi connectivity index (χ3n) is 5.10. The molecule has 0 radical (unpaired) electrons. The number of rotatable bonds is 7. The molecule has 112 valence electrons. The summed E-state index contributed by atoms with van der Waals surface area (Å²) in [5.74, 6) is 0. The van der Waals surface area contributed by atoms with Crippen LogP contribution in [0.2, 0.25) is 37.8 Å². The van der Waals surface area contributed by atoms with Crippen LogP contribution in [0.25, 0.3) is 6.08 Å². The smallest absolute Gasteiger partial charge is 0.0576 e. The fourth-order valence-electron chi connectivity index (χ4n) is 3.96. The average Bonchev–Trinajstić information content (AvgIpc) is 2.44. The molecule has 1 aromatic carbocycles. The van der Waals surface area contributed by atoms with Crippen molar-refractivity contribution < 1.29 is 0 Å². The van der Waals surface area contributed by atoms with Crippen molar-refractivity contribution in [1.29, 1.82) is 0 Å². The molecule has 0 heterocycles. The van der Waals surface area contributed by atoms with Crippen LogP contribution >= 0.6 is 0 Å². The fraction of sp³-hybridized carbons (Fsp3) is 0.556. The Kier molecular flexibility index (Phi) is 6.02. The van der Waals surface area contributed by atoms with Gasteiger partial charge in [0.15, 0.2) is 0 Å². The Morgan fingerprint density at radius 3 is 1.70 bits per heavy atom. The van der Waals surface area contributed by atoms with E-state index >= 15 is 0 Å². The van der Waals surface area contributed by atoms with E-state index in [4.69, 9.17) is 0 Å². The summed E-state index contributed by atoms with van der Waals surface area (Å²) in [5, 5.41) is 0.869. The minimum atomic E-state index is -1.22. The molecule has 1 rings (SSSR count). The third-order valence-corrected chi connectivity index (χ3v) is 17.4. The molecule has 0 saturated heterocycles. The summed E-state index contributed by atoms with van der Waals surface area (Å²) >= 11 is 0. The van der Waals surface area contributed by atoms with Gasteiger partial charge in [-0.1, -0.05) is 101 Å². The van der Waals surface area contributed by atoms with Gasteiger partial charge >= 0.3 is 0 Å². The Morgan fingerprint density at radius 2 is 1.40 bits per heavy atom. The topological polar surface area (TPSA) is 0 Å². The van der Waals surface area contributed by atoms with E-state index < -0.39 is 16.1 Å². The van der Waals surface area contributed by atoms with Gasteiger partial charge in [0.05, 0.1) is 8.07 Å². The zero-order chi connectivity index (χ0) is 15.4. The van der Waals surface area contributed by atoms with Crippen LogP contribution in [-0.4, -0.2) is 16.1 Å². The van der Waals surface area contributed by atoms with Gasteiger partial charge < -0.3 is 0 Å². The van der Waals surface area contributed by atoms with Crippen LogP contribution in [0, 0.1) is 0 Å². The van der Waals surface area contributed by atoms with Crippen molar-refractivity contribution in [2.45, 2.75) is 63.7 Å². The first-order valence-corrected chi connectivity index (χ1v) is 14.3. The summed E-state index contributed by atoms with van der Waals surface area (Å²) in [7, 11) is -2.43. The third kappa shape index (κ3) is 3.53. The van der Waals surface area contributed by atoms with Gasteiger partial charge in [-0.25, -0.2) is 0 Å². The molecule has 20 heavy (non-hydrogen) atoms. The van der Waals surface area contributed by atoms with Gasteiger partial charge in [-0.3, -0.25) is 0 Å². The molecular weight excluding hydrogens is 272 g/mol. The highest BCUT2D eigenvalue weighted by Crippen LogP contribution is 2.42. The summed E-state index contributed by atoms with van der Waals surface area (Å²) in [6, 6.07) is 13.5. The van der Waals surface area contributed by atoms with E-state index in [1.54, 1.807) is 5.56 Å². The molecule has 0 bridgehead atoms. The summed E-state index contributed by atoms with van der Waals surface area (Å²) in [4.78, 5) is 0. The minimum absolute atomic E-state index is 0.869. The fourth-order valence-corrected chi connectivity index (χ4v) is 18.0. The Morgan fingerprint density at radius 1 is 0.950 bits per heavy atom. The lowest BCUT2D eigenvalue weighted by atomic mass is 10.1. The lowest BCUT2D eigenvalue weighted by Gasteiger charge is -2.44. The molecule has 1 atom stereocenters. The average molecular weight is 305 g/mol. The van der Waals surface area contributed by atoms with Crippen molar-refractivity contribution >= 4 is 22.2 Å². The van der Waals surface area contributed by atoms with E-state index in [1.807, 2.05) is 6.08 Å². The molecule has 0 aromatic heterocycles. The van der Waals surface area contributed by atoms with E-state index in [9.17, 15) is 0 Å². The van der Waals surface area contributed by atoms with Crippen LogP contribution in [0.5, 0.6) is 0 Å². The summed E-state index contributed by atoms with van der Waals surface area (Å²) in [6.07, 6.45) is 1.94. The maximum absolute atomic E-state index is 3.87. The second-order valence-electron chi connectivity index (χ2n) is 7.09. The van der Waals surface area contributed by atoms with Crippen LogP contribution in [0.3, 0.4) is 0 Å². The Hall–Kier alpha value is -0.606. The van der Waals surface area contributed by atoms with Crippen molar-refractivity contribution in [3.63, 3.8) is 0 Å². The van der Waals surface area contributed by atoms with Crippen molar-refractivity contribution in [3.8, 4) is 0 Å². The van der Waals surface area contributed by atoms with Crippen LogP contribution in [0.15, 0.2) is 30.8 Å². The first-order valence-electron chi connectivity index (χ1n) is 8.07. The van der Waals surface area contributed by atoms with Gasteiger partial charge in [-0.15, -0.1) is 0 Å². The molecule has 0 nitrogen and oxygen atoms in total. The van der Waals surface area contributed by atoms with Crippen molar-refractivity contribution in [1.82, 2.24) is 0 Å². The molecule has 0 amide bonds.